The molecular weight excluding hydrogens is 213 g/mol. The van der Waals surface area contributed by atoms with E-state index in [4.69, 9.17) is 5.11 Å². The van der Waals surface area contributed by atoms with Gasteiger partial charge in [-0.25, -0.2) is 9.18 Å². The second-order valence-corrected chi connectivity index (χ2v) is 3.78. The number of nitrogens with one attached hydrogen (secondary N) is 1. The number of rotatable bonds is 3. The fourth-order valence-corrected chi connectivity index (χ4v) is 1.05. The number of aromatic carboxylic acids is 1. The van der Waals surface area contributed by atoms with Crippen molar-refractivity contribution in [2.75, 3.05) is 5.32 Å². The van der Waals surface area contributed by atoms with Gasteiger partial charge in [0, 0.05) is 0 Å². The molecule has 1 aromatic rings. The largest absolute Gasteiger partial charge is 0.478 e. The van der Waals surface area contributed by atoms with Crippen LogP contribution in [0.3, 0.4) is 0 Å². The lowest BCUT2D eigenvalue weighted by molar-refractivity contribution is -0.125. The summed E-state index contributed by atoms with van der Waals surface area (Å²) in [6.07, 6.45) is 0. The van der Waals surface area contributed by atoms with Crippen LogP contribution in [0.4, 0.5) is 10.1 Å². The second-order valence-electron chi connectivity index (χ2n) is 3.78. The van der Waals surface area contributed by atoms with Crippen LogP contribution in [0.5, 0.6) is 0 Å². The maximum Gasteiger partial charge on any atom is 0.337 e. The third-order valence-electron chi connectivity index (χ3n) is 1.95. The van der Waals surface area contributed by atoms with E-state index < -0.39 is 17.5 Å². The Morgan fingerprint density at radius 2 is 1.88 bits per heavy atom. The van der Waals surface area contributed by atoms with Crippen molar-refractivity contribution in [2.45, 2.75) is 19.5 Å². The van der Waals surface area contributed by atoms with Crippen LogP contribution in [0.25, 0.3) is 0 Å². The van der Waals surface area contributed by atoms with Gasteiger partial charge in [0.2, 0.25) is 0 Å². The van der Waals surface area contributed by atoms with Gasteiger partial charge < -0.3 is 10.4 Å². The minimum absolute atomic E-state index is 0.0694. The van der Waals surface area contributed by atoms with Crippen LogP contribution in [0.1, 0.15) is 24.2 Å². The number of benzene rings is 1. The first-order chi connectivity index (χ1) is 7.32. The topological polar surface area (TPSA) is 66.4 Å². The van der Waals surface area contributed by atoms with Gasteiger partial charge in [-0.2, -0.15) is 0 Å². The Balaban J connectivity index is 2.98. The van der Waals surface area contributed by atoms with Crippen LogP contribution in [-0.2, 0) is 4.79 Å². The molecule has 0 saturated carbocycles. The molecule has 0 aromatic heterocycles. The standard InChI is InChI=1S/C11H12FNO3/c1-11(2,12)10(16)13-8-6-4-3-5-7(8)9(14)15/h3-6H,1-2H3,(H,13,16)(H,14,15). The number of alkyl halides is 1. The molecule has 5 heteroatoms. The fourth-order valence-electron chi connectivity index (χ4n) is 1.05. The zero-order valence-electron chi connectivity index (χ0n) is 8.95. The quantitative estimate of drug-likeness (QED) is 0.827. The Bertz CT molecular complexity index is 423. The van der Waals surface area contributed by atoms with E-state index in [0.717, 1.165) is 13.8 Å². The highest BCUT2D eigenvalue weighted by atomic mass is 19.1. The summed E-state index contributed by atoms with van der Waals surface area (Å²) < 4.78 is 13.2. The van der Waals surface area contributed by atoms with E-state index >= 15 is 0 Å². The molecule has 0 heterocycles. The number of amides is 1. The van der Waals surface area contributed by atoms with Crippen LogP contribution in [-0.4, -0.2) is 22.7 Å². The number of para-hydroxylation sites is 1. The van der Waals surface area contributed by atoms with Crippen LogP contribution in [0.15, 0.2) is 24.3 Å². The van der Waals surface area contributed by atoms with Gasteiger partial charge in [0.1, 0.15) is 0 Å². The van der Waals surface area contributed by atoms with Crippen LogP contribution in [0, 0.1) is 0 Å². The smallest absolute Gasteiger partial charge is 0.337 e. The first-order valence-electron chi connectivity index (χ1n) is 4.65. The summed E-state index contributed by atoms with van der Waals surface area (Å²) in [5, 5.41) is 11.1. The zero-order chi connectivity index (χ0) is 12.3. The lowest BCUT2D eigenvalue weighted by Crippen LogP contribution is -2.33. The predicted octanol–water partition coefficient (Wildman–Crippen LogP) is 2.07. The molecule has 1 amide bonds. The minimum atomic E-state index is -2.05. The van der Waals surface area contributed by atoms with Crippen molar-refractivity contribution in [3.8, 4) is 0 Å². The number of carboxylic acid groups (broad SMARTS) is 1. The second kappa shape index (κ2) is 4.30. The van der Waals surface area contributed by atoms with E-state index in [0.29, 0.717) is 0 Å². The molecule has 0 aliphatic heterocycles. The molecular formula is C11H12FNO3. The molecule has 0 atom stereocenters. The number of halogens is 1. The number of carbonyl (C=O) groups is 2. The number of carboxylic acids is 1. The average Bonchev–Trinajstić information content (AvgIpc) is 2.16. The maximum absolute atomic E-state index is 13.2. The summed E-state index contributed by atoms with van der Waals surface area (Å²) in [5.41, 5.74) is -2.03. The highest BCUT2D eigenvalue weighted by Gasteiger charge is 2.27. The van der Waals surface area contributed by atoms with Crippen LogP contribution in [0.2, 0.25) is 0 Å². The van der Waals surface area contributed by atoms with Crippen molar-refractivity contribution < 1.29 is 19.1 Å². The SMILES string of the molecule is CC(C)(F)C(=O)Nc1ccccc1C(=O)O. The number of anilines is 1. The molecule has 0 aliphatic rings. The van der Waals surface area contributed by atoms with Crippen molar-refractivity contribution in [3.63, 3.8) is 0 Å². The molecule has 0 aliphatic carbocycles. The molecule has 86 valence electrons. The maximum atomic E-state index is 13.2. The third-order valence-corrected chi connectivity index (χ3v) is 1.95. The summed E-state index contributed by atoms with van der Waals surface area (Å²) in [6, 6.07) is 5.84. The summed E-state index contributed by atoms with van der Waals surface area (Å²) in [5.74, 6) is -2.05. The lowest BCUT2D eigenvalue weighted by atomic mass is 10.1. The van der Waals surface area contributed by atoms with E-state index in [1.54, 1.807) is 6.07 Å². The summed E-state index contributed by atoms with van der Waals surface area (Å²) in [6.45, 7) is 2.21. The van der Waals surface area contributed by atoms with E-state index in [1.807, 2.05) is 0 Å². The van der Waals surface area contributed by atoms with Gasteiger partial charge in [-0.3, -0.25) is 4.79 Å². The zero-order valence-corrected chi connectivity index (χ0v) is 8.95. The molecule has 0 unspecified atom stereocenters. The van der Waals surface area contributed by atoms with E-state index in [1.165, 1.54) is 18.2 Å². The Kier molecular flexibility index (Phi) is 3.27. The van der Waals surface area contributed by atoms with Crippen molar-refractivity contribution in [3.05, 3.63) is 29.8 Å². The summed E-state index contributed by atoms with van der Waals surface area (Å²) >= 11 is 0. The first-order valence-corrected chi connectivity index (χ1v) is 4.65. The Morgan fingerprint density at radius 1 is 1.31 bits per heavy atom. The van der Waals surface area contributed by atoms with Gasteiger partial charge in [0.25, 0.3) is 5.91 Å². The van der Waals surface area contributed by atoms with Crippen molar-refractivity contribution in [1.29, 1.82) is 0 Å². The van der Waals surface area contributed by atoms with Crippen LogP contribution < -0.4 is 5.32 Å². The molecule has 4 nitrogen and oxygen atoms in total. The van der Waals surface area contributed by atoms with Gasteiger partial charge in [0.05, 0.1) is 11.3 Å². The number of hydrogen-bond donors (Lipinski definition) is 2. The van der Waals surface area contributed by atoms with Gasteiger partial charge in [-0.05, 0) is 26.0 Å². The lowest BCUT2D eigenvalue weighted by Gasteiger charge is -2.15. The van der Waals surface area contributed by atoms with Gasteiger partial charge in [-0.1, -0.05) is 12.1 Å². The number of carbonyl (C=O) groups excluding carboxylic acids is 1. The summed E-state index contributed by atoms with van der Waals surface area (Å²) in [4.78, 5) is 22.1. The molecule has 0 radical (unpaired) electrons. The molecule has 1 aromatic carbocycles. The summed E-state index contributed by atoms with van der Waals surface area (Å²) in [7, 11) is 0. The highest BCUT2D eigenvalue weighted by molar-refractivity contribution is 6.02. The van der Waals surface area contributed by atoms with Crippen molar-refractivity contribution in [2.24, 2.45) is 0 Å². The normalized spacial score (nSPS) is 10.9. The Labute approximate surface area is 92.1 Å². The van der Waals surface area contributed by atoms with E-state index in [2.05, 4.69) is 5.32 Å². The molecule has 0 fully saturated rings. The average molecular weight is 225 g/mol. The first kappa shape index (κ1) is 12.2. The van der Waals surface area contributed by atoms with Gasteiger partial charge >= 0.3 is 5.97 Å². The van der Waals surface area contributed by atoms with Gasteiger partial charge in [0.15, 0.2) is 5.67 Å². The molecule has 16 heavy (non-hydrogen) atoms. The fraction of sp³-hybridized carbons (Fsp3) is 0.273. The van der Waals surface area contributed by atoms with E-state index in [9.17, 15) is 14.0 Å². The minimum Gasteiger partial charge on any atom is -0.478 e. The van der Waals surface area contributed by atoms with E-state index in [-0.39, 0.29) is 11.3 Å². The Hall–Kier alpha value is -1.91. The highest BCUT2D eigenvalue weighted by Crippen LogP contribution is 2.18. The molecule has 0 saturated heterocycles. The molecule has 1 rings (SSSR count). The van der Waals surface area contributed by atoms with Gasteiger partial charge in [-0.15, -0.1) is 0 Å². The van der Waals surface area contributed by atoms with Crippen molar-refractivity contribution in [1.82, 2.24) is 0 Å². The Morgan fingerprint density at radius 3 is 2.38 bits per heavy atom. The van der Waals surface area contributed by atoms with Crippen molar-refractivity contribution >= 4 is 17.6 Å². The molecule has 0 spiro atoms. The monoisotopic (exact) mass is 225 g/mol. The molecule has 2 N–H and O–H groups in total. The third kappa shape index (κ3) is 2.79. The molecule has 0 bridgehead atoms. The predicted molar refractivity (Wildman–Crippen MR) is 57.2 cm³/mol. The number of hydrogen-bond acceptors (Lipinski definition) is 2. The van der Waals surface area contributed by atoms with Crippen LogP contribution >= 0.6 is 0 Å².